The van der Waals surface area contributed by atoms with Gasteiger partial charge in [-0.1, -0.05) is 18.5 Å². The SMILES string of the molecule is CCN1CCN(C(=O)CC(=O)Nc2ccc(Cl)cc2C)CC1. The number of nitrogens with one attached hydrogen (secondary N) is 1. The molecule has 0 aliphatic carbocycles. The molecule has 0 unspecified atom stereocenters. The smallest absolute Gasteiger partial charge is 0.233 e. The molecule has 1 N–H and O–H groups in total. The molecule has 0 saturated carbocycles. The van der Waals surface area contributed by atoms with E-state index in [1.807, 2.05) is 6.92 Å². The van der Waals surface area contributed by atoms with E-state index in [1.165, 1.54) is 0 Å². The Morgan fingerprint density at radius 3 is 2.50 bits per heavy atom. The largest absolute Gasteiger partial charge is 0.340 e. The fraction of sp³-hybridized carbons (Fsp3) is 0.500. The minimum atomic E-state index is -0.284. The number of aryl methyl sites for hydroxylation is 1. The number of carbonyl (C=O) groups is 2. The predicted octanol–water partition coefficient (Wildman–Crippen LogP) is 2.14. The number of benzene rings is 1. The molecule has 1 aliphatic heterocycles. The molecule has 1 aromatic carbocycles. The number of amides is 2. The summed E-state index contributed by atoms with van der Waals surface area (Å²) in [5.41, 5.74) is 1.57. The quantitative estimate of drug-likeness (QED) is 0.864. The fourth-order valence-corrected chi connectivity index (χ4v) is 2.75. The Bertz CT molecular complexity index is 554. The van der Waals surface area contributed by atoms with Gasteiger partial charge in [0.2, 0.25) is 11.8 Å². The molecule has 1 heterocycles. The summed E-state index contributed by atoms with van der Waals surface area (Å²) in [5, 5.41) is 3.40. The average molecular weight is 324 g/mol. The molecule has 0 atom stereocenters. The van der Waals surface area contributed by atoms with E-state index in [4.69, 9.17) is 11.6 Å². The number of nitrogens with zero attached hydrogens (tertiary/aromatic N) is 2. The zero-order valence-electron chi connectivity index (χ0n) is 13.1. The second-order valence-corrected chi connectivity index (χ2v) is 5.94. The summed E-state index contributed by atoms with van der Waals surface area (Å²) in [4.78, 5) is 28.2. The Labute approximate surface area is 136 Å². The minimum absolute atomic E-state index is 0.111. The summed E-state index contributed by atoms with van der Waals surface area (Å²) in [6.45, 7) is 8.12. The van der Waals surface area contributed by atoms with Crippen LogP contribution in [0.4, 0.5) is 5.69 Å². The second kappa shape index (κ2) is 7.61. The zero-order valence-corrected chi connectivity index (χ0v) is 13.8. The molecule has 1 aliphatic rings. The van der Waals surface area contributed by atoms with E-state index in [9.17, 15) is 9.59 Å². The molecule has 0 bridgehead atoms. The molecular weight excluding hydrogens is 302 g/mol. The number of hydrogen-bond donors (Lipinski definition) is 1. The van der Waals surface area contributed by atoms with Gasteiger partial charge < -0.3 is 15.1 Å². The van der Waals surface area contributed by atoms with Crippen molar-refractivity contribution in [2.75, 3.05) is 38.0 Å². The lowest BCUT2D eigenvalue weighted by atomic mass is 10.2. The van der Waals surface area contributed by atoms with Gasteiger partial charge in [-0.3, -0.25) is 9.59 Å². The van der Waals surface area contributed by atoms with Crippen LogP contribution in [0.2, 0.25) is 5.02 Å². The molecule has 1 aromatic rings. The minimum Gasteiger partial charge on any atom is -0.340 e. The molecule has 120 valence electrons. The standard InChI is InChI=1S/C16H22ClN3O2/c1-3-19-6-8-20(9-7-19)16(22)11-15(21)18-14-5-4-13(17)10-12(14)2/h4-5,10H,3,6-9,11H2,1-2H3,(H,18,21). The van der Waals surface area contributed by atoms with Crippen molar-refractivity contribution in [3.63, 3.8) is 0 Å². The average Bonchev–Trinajstić information content (AvgIpc) is 2.50. The highest BCUT2D eigenvalue weighted by Crippen LogP contribution is 2.19. The first-order valence-electron chi connectivity index (χ1n) is 7.55. The first kappa shape index (κ1) is 16.8. The molecule has 2 rings (SSSR count). The van der Waals surface area contributed by atoms with Crippen LogP contribution in [-0.4, -0.2) is 54.3 Å². The molecule has 0 aromatic heterocycles. The third-order valence-corrected chi connectivity index (χ3v) is 4.18. The summed E-state index contributed by atoms with van der Waals surface area (Å²) in [7, 11) is 0. The highest BCUT2D eigenvalue weighted by atomic mass is 35.5. The van der Waals surface area contributed by atoms with Gasteiger partial charge in [-0.2, -0.15) is 0 Å². The van der Waals surface area contributed by atoms with Crippen molar-refractivity contribution in [1.29, 1.82) is 0 Å². The maximum atomic E-state index is 12.2. The first-order chi connectivity index (χ1) is 10.5. The van der Waals surface area contributed by atoms with Crippen LogP contribution in [0.15, 0.2) is 18.2 Å². The number of likely N-dealkylation sites (N-methyl/N-ethyl adjacent to an activating group) is 1. The highest BCUT2D eigenvalue weighted by molar-refractivity contribution is 6.30. The van der Waals surface area contributed by atoms with Gasteiger partial charge >= 0.3 is 0 Å². The predicted molar refractivity (Wildman–Crippen MR) is 88.1 cm³/mol. The number of hydrogen-bond acceptors (Lipinski definition) is 3. The molecule has 0 spiro atoms. The van der Waals surface area contributed by atoms with Crippen molar-refractivity contribution in [1.82, 2.24) is 9.80 Å². The van der Waals surface area contributed by atoms with Crippen LogP contribution in [0.25, 0.3) is 0 Å². The van der Waals surface area contributed by atoms with Gasteiger partial charge in [0.05, 0.1) is 0 Å². The van der Waals surface area contributed by atoms with Gasteiger partial charge in [0.15, 0.2) is 0 Å². The molecule has 22 heavy (non-hydrogen) atoms. The lowest BCUT2D eigenvalue weighted by Crippen LogP contribution is -2.49. The molecule has 5 nitrogen and oxygen atoms in total. The zero-order chi connectivity index (χ0) is 16.1. The van der Waals surface area contributed by atoms with Crippen molar-refractivity contribution in [3.8, 4) is 0 Å². The molecule has 2 amide bonds. The van der Waals surface area contributed by atoms with Crippen LogP contribution in [0, 0.1) is 6.92 Å². The van der Waals surface area contributed by atoms with Gasteiger partial charge in [0.1, 0.15) is 6.42 Å². The van der Waals surface area contributed by atoms with Crippen molar-refractivity contribution in [3.05, 3.63) is 28.8 Å². The highest BCUT2D eigenvalue weighted by Gasteiger charge is 2.22. The Morgan fingerprint density at radius 2 is 1.91 bits per heavy atom. The van der Waals surface area contributed by atoms with E-state index in [0.717, 1.165) is 25.2 Å². The molecule has 0 radical (unpaired) electrons. The van der Waals surface area contributed by atoms with Gasteiger partial charge in [0, 0.05) is 36.9 Å². The third kappa shape index (κ3) is 4.45. The Morgan fingerprint density at radius 1 is 1.23 bits per heavy atom. The Kier molecular flexibility index (Phi) is 5.80. The van der Waals surface area contributed by atoms with E-state index in [2.05, 4.69) is 17.1 Å². The van der Waals surface area contributed by atoms with Crippen molar-refractivity contribution >= 4 is 29.1 Å². The number of rotatable bonds is 4. The van der Waals surface area contributed by atoms with Crippen molar-refractivity contribution in [2.45, 2.75) is 20.3 Å². The van der Waals surface area contributed by atoms with E-state index >= 15 is 0 Å². The molecule has 1 fully saturated rings. The maximum absolute atomic E-state index is 12.2. The van der Waals surface area contributed by atoms with Crippen LogP contribution in [-0.2, 0) is 9.59 Å². The number of halogens is 1. The Balaban J connectivity index is 1.85. The lowest BCUT2D eigenvalue weighted by Gasteiger charge is -2.34. The van der Waals surface area contributed by atoms with Crippen LogP contribution < -0.4 is 5.32 Å². The van der Waals surface area contributed by atoms with E-state index in [1.54, 1.807) is 23.1 Å². The van der Waals surface area contributed by atoms with E-state index in [-0.39, 0.29) is 18.2 Å². The summed E-state index contributed by atoms with van der Waals surface area (Å²) in [6.07, 6.45) is -0.117. The van der Waals surface area contributed by atoms with E-state index < -0.39 is 0 Å². The number of anilines is 1. The Hall–Kier alpha value is -1.59. The summed E-state index contributed by atoms with van der Waals surface area (Å²) in [6, 6.07) is 5.25. The normalized spacial score (nSPS) is 15.7. The van der Waals surface area contributed by atoms with Gasteiger partial charge in [0.25, 0.3) is 0 Å². The third-order valence-electron chi connectivity index (χ3n) is 3.95. The fourth-order valence-electron chi connectivity index (χ4n) is 2.52. The van der Waals surface area contributed by atoms with Crippen molar-refractivity contribution < 1.29 is 9.59 Å². The number of carbonyl (C=O) groups excluding carboxylic acids is 2. The first-order valence-corrected chi connectivity index (χ1v) is 7.93. The van der Waals surface area contributed by atoms with Crippen LogP contribution in [0.5, 0.6) is 0 Å². The van der Waals surface area contributed by atoms with Gasteiger partial charge in [-0.15, -0.1) is 0 Å². The topological polar surface area (TPSA) is 52.7 Å². The molecule has 6 heteroatoms. The lowest BCUT2D eigenvalue weighted by molar-refractivity contribution is -0.136. The number of piperazine rings is 1. The summed E-state index contributed by atoms with van der Waals surface area (Å²) >= 11 is 5.89. The van der Waals surface area contributed by atoms with Crippen LogP contribution >= 0.6 is 11.6 Å². The van der Waals surface area contributed by atoms with Crippen LogP contribution in [0.3, 0.4) is 0 Å². The molecular formula is C16H22ClN3O2. The van der Waals surface area contributed by atoms with Crippen LogP contribution in [0.1, 0.15) is 18.9 Å². The van der Waals surface area contributed by atoms with Crippen molar-refractivity contribution in [2.24, 2.45) is 0 Å². The maximum Gasteiger partial charge on any atom is 0.233 e. The second-order valence-electron chi connectivity index (χ2n) is 5.50. The monoisotopic (exact) mass is 323 g/mol. The van der Waals surface area contributed by atoms with Gasteiger partial charge in [-0.25, -0.2) is 0 Å². The van der Waals surface area contributed by atoms with E-state index in [0.29, 0.717) is 23.8 Å². The van der Waals surface area contributed by atoms with Gasteiger partial charge in [-0.05, 0) is 37.2 Å². The summed E-state index contributed by atoms with van der Waals surface area (Å²) < 4.78 is 0. The summed E-state index contributed by atoms with van der Waals surface area (Å²) in [5.74, 6) is -0.395. The molecule has 1 saturated heterocycles.